The number of nitrogens with one attached hydrogen (secondary N) is 3. The molecule has 0 unspecified atom stereocenters. The lowest BCUT2D eigenvalue weighted by atomic mass is 10.2. The second-order valence-corrected chi connectivity index (χ2v) is 6.32. The molecule has 3 rings (SSSR count). The van der Waals surface area contributed by atoms with Crippen LogP contribution in [0.5, 0.6) is 0 Å². The molecule has 3 aromatic rings. The first kappa shape index (κ1) is 20.3. The van der Waals surface area contributed by atoms with Crippen molar-refractivity contribution in [1.29, 1.82) is 0 Å². The number of nitrogen functional groups attached to an aromatic ring is 1. The maximum absolute atomic E-state index is 12.3. The minimum Gasteiger partial charge on any atom is -0.397 e. The summed E-state index contributed by atoms with van der Waals surface area (Å²) < 4.78 is 0. The highest BCUT2D eigenvalue weighted by molar-refractivity contribution is 6.05. The number of anilines is 4. The maximum atomic E-state index is 12.3. The van der Waals surface area contributed by atoms with Gasteiger partial charge in [0.25, 0.3) is 11.6 Å². The van der Waals surface area contributed by atoms with Gasteiger partial charge in [-0.2, -0.15) is 0 Å². The van der Waals surface area contributed by atoms with E-state index in [2.05, 4.69) is 16.0 Å². The third-order valence-electron chi connectivity index (χ3n) is 4.17. The highest BCUT2D eigenvalue weighted by Crippen LogP contribution is 2.19. The average Bonchev–Trinajstić information content (AvgIpc) is 2.74. The Morgan fingerprint density at radius 3 is 2.13 bits per heavy atom. The molecule has 0 saturated heterocycles. The quantitative estimate of drug-likeness (QED) is 0.270. The van der Waals surface area contributed by atoms with Crippen LogP contribution >= 0.6 is 0 Å². The smallest absolute Gasteiger partial charge is 0.269 e. The SMILES string of the molecule is Nc1ccccc1NC(=O)c1ccc(NCC(=O)Nc2ccc([N+](=O)[O-])cc2)cc1. The number of hydrogen-bond acceptors (Lipinski definition) is 6. The van der Waals surface area contributed by atoms with E-state index >= 15 is 0 Å². The summed E-state index contributed by atoms with van der Waals surface area (Å²) in [6.07, 6.45) is 0. The minimum atomic E-state index is -0.508. The lowest BCUT2D eigenvalue weighted by Gasteiger charge is -2.10. The number of benzene rings is 3. The van der Waals surface area contributed by atoms with Crippen molar-refractivity contribution in [3.05, 3.63) is 88.5 Å². The average molecular weight is 405 g/mol. The molecule has 30 heavy (non-hydrogen) atoms. The van der Waals surface area contributed by atoms with Crippen molar-refractivity contribution in [2.45, 2.75) is 0 Å². The van der Waals surface area contributed by atoms with Crippen LogP contribution in [0.25, 0.3) is 0 Å². The number of non-ortho nitro benzene ring substituents is 1. The molecular formula is C21H19N5O4. The van der Waals surface area contributed by atoms with Crippen LogP contribution < -0.4 is 21.7 Å². The molecule has 0 fully saturated rings. The van der Waals surface area contributed by atoms with Crippen LogP contribution in [0.3, 0.4) is 0 Å². The maximum Gasteiger partial charge on any atom is 0.269 e. The van der Waals surface area contributed by atoms with Crippen LogP contribution in [-0.2, 0) is 4.79 Å². The monoisotopic (exact) mass is 405 g/mol. The highest BCUT2D eigenvalue weighted by Gasteiger charge is 2.09. The normalized spacial score (nSPS) is 10.1. The molecule has 152 valence electrons. The molecule has 5 N–H and O–H groups in total. The van der Waals surface area contributed by atoms with Gasteiger partial charge in [0.05, 0.1) is 22.8 Å². The van der Waals surface area contributed by atoms with Crippen LogP contribution in [0.15, 0.2) is 72.8 Å². The third kappa shape index (κ3) is 5.32. The van der Waals surface area contributed by atoms with Crippen molar-refractivity contribution in [2.75, 3.05) is 28.2 Å². The van der Waals surface area contributed by atoms with Crippen molar-refractivity contribution in [1.82, 2.24) is 0 Å². The molecule has 0 atom stereocenters. The van der Waals surface area contributed by atoms with E-state index in [0.29, 0.717) is 28.3 Å². The summed E-state index contributed by atoms with van der Waals surface area (Å²) in [7, 11) is 0. The molecule has 0 aliphatic carbocycles. The molecule has 0 aromatic heterocycles. The summed E-state index contributed by atoms with van der Waals surface area (Å²) in [6.45, 7) is -0.0108. The second-order valence-electron chi connectivity index (χ2n) is 6.32. The van der Waals surface area contributed by atoms with Gasteiger partial charge in [-0.25, -0.2) is 0 Å². The fourth-order valence-corrected chi connectivity index (χ4v) is 2.60. The molecule has 2 amide bonds. The first-order chi connectivity index (χ1) is 14.4. The van der Waals surface area contributed by atoms with Gasteiger partial charge in [-0.05, 0) is 48.5 Å². The molecule has 0 aliphatic rings. The van der Waals surface area contributed by atoms with Crippen LogP contribution in [-0.4, -0.2) is 23.3 Å². The Bertz CT molecular complexity index is 1070. The predicted octanol–water partition coefficient (Wildman–Crippen LogP) is 3.48. The van der Waals surface area contributed by atoms with Gasteiger partial charge < -0.3 is 21.7 Å². The number of carbonyl (C=O) groups is 2. The van der Waals surface area contributed by atoms with Gasteiger partial charge in [-0.1, -0.05) is 12.1 Å². The lowest BCUT2D eigenvalue weighted by molar-refractivity contribution is -0.384. The van der Waals surface area contributed by atoms with Gasteiger partial charge in [0, 0.05) is 29.1 Å². The predicted molar refractivity (Wildman–Crippen MR) is 115 cm³/mol. The zero-order valence-electron chi connectivity index (χ0n) is 15.8. The van der Waals surface area contributed by atoms with E-state index < -0.39 is 4.92 Å². The van der Waals surface area contributed by atoms with E-state index in [0.717, 1.165) is 0 Å². The second kappa shape index (κ2) is 9.20. The number of rotatable bonds is 7. The number of para-hydroxylation sites is 2. The number of nitro benzene ring substituents is 1. The molecule has 0 bridgehead atoms. The number of nitrogens with two attached hydrogens (primary N) is 1. The summed E-state index contributed by atoms with van der Waals surface area (Å²) in [6, 6.07) is 19.2. The number of hydrogen-bond donors (Lipinski definition) is 4. The van der Waals surface area contributed by atoms with Crippen molar-refractivity contribution in [2.24, 2.45) is 0 Å². The minimum absolute atomic E-state index is 0.0108. The first-order valence-electron chi connectivity index (χ1n) is 8.96. The van der Waals surface area contributed by atoms with Crippen molar-refractivity contribution in [3.63, 3.8) is 0 Å². The Morgan fingerprint density at radius 1 is 0.867 bits per heavy atom. The van der Waals surface area contributed by atoms with E-state index in [9.17, 15) is 19.7 Å². The zero-order valence-corrected chi connectivity index (χ0v) is 15.8. The number of carbonyl (C=O) groups excluding carboxylic acids is 2. The van der Waals surface area contributed by atoms with Gasteiger partial charge in [-0.3, -0.25) is 19.7 Å². The van der Waals surface area contributed by atoms with Gasteiger partial charge in [0.1, 0.15) is 0 Å². The summed E-state index contributed by atoms with van der Waals surface area (Å²) in [5.74, 6) is -0.611. The van der Waals surface area contributed by atoms with E-state index in [1.165, 1.54) is 24.3 Å². The topological polar surface area (TPSA) is 139 Å². The zero-order chi connectivity index (χ0) is 21.5. The van der Waals surface area contributed by atoms with Gasteiger partial charge in [0.2, 0.25) is 5.91 Å². The summed E-state index contributed by atoms with van der Waals surface area (Å²) >= 11 is 0. The van der Waals surface area contributed by atoms with Crippen molar-refractivity contribution in [3.8, 4) is 0 Å². The van der Waals surface area contributed by atoms with Gasteiger partial charge in [-0.15, -0.1) is 0 Å². The standard InChI is InChI=1S/C21H19N5O4/c22-18-3-1-2-4-19(18)25-21(28)14-5-7-15(8-6-14)23-13-20(27)24-16-9-11-17(12-10-16)26(29)30/h1-12,23H,13,22H2,(H,24,27)(H,25,28). The van der Waals surface area contributed by atoms with Crippen molar-refractivity contribution < 1.29 is 14.5 Å². The Kier molecular flexibility index (Phi) is 6.23. The Morgan fingerprint density at radius 2 is 1.50 bits per heavy atom. The summed E-state index contributed by atoms with van der Waals surface area (Å²) in [5, 5.41) is 19.0. The molecule has 9 nitrogen and oxygen atoms in total. The van der Waals surface area contributed by atoms with Gasteiger partial charge in [0.15, 0.2) is 0 Å². The largest absolute Gasteiger partial charge is 0.397 e. The molecule has 0 spiro atoms. The number of nitrogens with zero attached hydrogens (tertiary/aromatic N) is 1. The lowest BCUT2D eigenvalue weighted by Crippen LogP contribution is -2.21. The molecular weight excluding hydrogens is 386 g/mol. The molecule has 3 aromatic carbocycles. The number of amides is 2. The van der Waals surface area contributed by atoms with Gasteiger partial charge >= 0.3 is 0 Å². The van der Waals surface area contributed by atoms with Crippen molar-refractivity contribution >= 4 is 40.3 Å². The molecule has 9 heteroatoms. The van der Waals surface area contributed by atoms with Crippen LogP contribution in [0.2, 0.25) is 0 Å². The van der Waals surface area contributed by atoms with Crippen LogP contribution in [0.4, 0.5) is 28.4 Å². The fourth-order valence-electron chi connectivity index (χ4n) is 2.60. The fraction of sp³-hybridized carbons (Fsp3) is 0.0476. The Balaban J connectivity index is 1.51. The Hall–Kier alpha value is -4.40. The molecule has 0 saturated carbocycles. The van der Waals surface area contributed by atoms with Crippen LogP contribution in [0, 0.1) is 10.1 Å². The summed E-state index contributed by atoms with van der Waals surface area (Å²) in [5.41, 5.74) is 8.34. The molecule has 0 radical (unpaired) electrons. The molecule has 0 aliphatic heterocycles. The van der Waals surface area contributed by atoms with E-state index in [1.54, 1.807) is 48.5 Å². The highest BCUT2D eigenvalue weighted by atomic mass is 16.6. The Labute approximate surface area is 172 Å². The third-order valence-corrected chi connectivity index (χ3v) is 4.17. The van der Waals surface area contributed by atoms with E-state index in [-0.39, 0.29) is 24.0 Å². The molecule has 0 heterocycles. The first-order valence-corrected chi connectivity index (χ1v) is 8.96. The van der Waals surface area contributed by atoms with Crippen LogP contribution in [0.1, 0.15) is 10.4 Å². The summed E-state index contributed by atoms with van der Waals surface area (Å²) in [4.78, 5) is 34.5. The van der Waals surface area contributed by atoms with E-state index in [4.69, 9.17) is 5.73 Å². The number of nitro groups is 1. The van der Waals surface area contributed by atoms with E-state index in [1.807, 2.05) is 0 Å².